The Morgan fingerprint density at radius 2 is 2.12 bits per heavy atom. The predicted octanol–water partition coefficient (Wildman–Crippen LogP) is 0.912. The van der Waals surface area contributed by atoms with Crippen LogP contribution in [0, 0.1) is 5.92 Å². The van der Waals surface area contributed by atoms with Crippen LogP contribution in [-0.4, -0.2) is 55.0 Å². The van der Waals surface area contributed by atoms with Crippen molar-refractivity contribution in [1.82, 2.24) is 9.80 Å². The van der Waals surface area contributed by atoms with Crippen molar-refractivity contribution in [1.29, 1.82) is 0 Å². The van der Waals surface area contributed by atoms with Crippen molar-refractivity contribution in [2.45, 2.75) is 45.2 Å². The molecular formula is C13H27N3O. The van der Waals surface area contributed by atoms with Gasteiger partial charge in [-0.2, -0.15) is 0 Å². The molecule has 1 amide bonds. The average Bonchev–Trinajstić information content (AvgIpc) is 2.30. The molecule has 1 fully saturated rings. The van der Waals surface area contributed by atoms with Crippen molar-refractivity contribution in [3.05, 3.63) is 0 Å². The summed E-state index contributed by atoms with van der Waals surface area (Å²) in [6.07, 6.45) is 3.73. The second-order valence-electron chi connectivity index (χ2n) is 5.62. The fourth-order valence-corrected chi connectivity index (χ4v) is 2.32. The lowest BCUT2D eigenvalue weighted by molar-refractivity contribution is -0.133. The maximum Gasteiger partial charge on any atom is 0.239 e. The van der Waals surface area contributed by atoms with E-state index in [2.05, 4.69) is 11.9 Å². The average molecular weight is 241 g/mol. The Hall–Kier alpha value is -0.610. The Morgan fingerprint density at radius 3 is 2.65 bits per heavy atom. The van der Waals surface area contributed by atoms with E-state index >= 15 is 0 Å². The minimum Gasteiger partial charge on any atom is -0.343 e. The summed E-state index contributed by atoms with van der Waals surface area (Å²) in [5.74, 6) is 0.271. The van der Waals surface area contributed by atoms with Crippen LogP contribution in [0.2, 0.25) is 0 Å². The van der Waals surface area contributed by atoms with E-state index in [1.165, 1.54) is 19.3 Å². The zero-order valence-corrected chi connectivity index (χ0v) is 11.6. The highest BCUT2D eigenvalue weighted by atomic mass is 16.2. The van der Waals surface area contributed by atoms with Gasteiger partial charge in [0.15, 0.2) is 0 Å². The van der Waals surface area contributed by atoms with Crippen LogP contribution in [0.15, 0.2) is 0 Å². The summed E-state index contributed by atoms with van der Waals surface area (Å²) in [5, 5.41) is 0. The maximum absolute atomic E-state index is 12.0. The molecule has 0 bridgehead atoms. The third-order valence-electron chi connectivity index (χ3n) is 3.79. The molecule has 1 saturated heterocycles. The van der Waals surface area contributed by atoms with Gasteiger partial charge in [-0.3, -0.25) is 4.79 Å². The molecule has 1 unspecified atom stereocenters. The van der Waals surface area contributed by atoms with E-state index in [9.17, 15) is 4.79 Å². The Balaban J connectivity index is 2.47. The molecule has 0 radical (unpaired) electrons. The number of hydrogen-bond acceptors (Lipinski definition) is 3. The molecule has 0 spiro atoms. The van der Waals surface area contributed by atoms with E-state index in [1.54, 1.807) is 4.90 Å². The first-order valence-corrected chi connectivity index (χ1v) is 6.64. The predicted molar refractivity (Wildman–Crippen MR) is 70.7 cm³/mol. The first kappa shape index (κ1) is 14.5. The SMILES string of the molecule is CC(C)[C@H](N)C(=O)N(C)CC1CCCCN1C. The molecule has 4 heteroatoms. The van der Waals surface area contributed by atoms with Crippen LogP contribution in [0.1, 0.15) is 33.1 Å². The van der Waals surface area contributed by atoms with Gasteiger partial charge in [-0.15, -0.1) is 0 Å². The number of hydrogen-bond donors (Lipinski definition) is 1. The van der Waals surface area contributed by atoms with Gasteiger partial charge in [-0.1, -0.05) is 20.3 Å². The van der Waals surface area contributed by atoms with Crippen LogP contribution < -0.4 is 5.73 Å². The van der Waals surface area contributed by atoms with Crippen LogP contribution in [-0.2, 0) is 4.79 Å². The number of nitrogens with two attached hydrogens (primary N) is 1. The molecule has 100 valence electrons. The van der Waals surface area contributed by atoms with Gasteiger partial charge in [0.1, 0.15) is 0 Å². The fourth-order valence-electron chi connectivity index (χ4n) is 2.32. The second-order valence-corrected chi connectivity index (χ2v) is 5.62. The number of likely N-dealkylation sites (N-methyl/N-ethyl adjacent to an activating group) is 2. The molecule has 0 aromatic rings. The molecule has 0 aromatic carbocycles. The molecule has 2 N–H and O–H groups in total. The Kier molecular flexibility index (Phi) is 5.40. The lowest BCUT2D eigenvalue weighted by atomic mass is 10.0. The van der Waals surface area contributed by atoms with Gasteiger partial charge >= 0.3 is 0 Å². The summed E-state index contributed by atoms with van der Waals surface area (Å²) in [6.45, 7) is 5.92. The van der Waals surface area contributed by atoms with Crippen molar-refractivity contribution < 1.29 is 4.79 Å². The minimum atomic E-state index is -0.367. The number of piperidine rings is 1. The number of likely N-dealkylation sites (tertiary alicyclic amines) is 1. The van der Waals surface area contributed by atoms with Crippen molar-refractivity contribution in [2.24, 2.45) is 11.7 Å². The number of carbonyl (C=O) groups is 1. The van der Waals surface area contributed by atoms with Crippen molar-refractivity contribution in [3.63, 3.8) is 0 Å². The van der Waals surface area contributed by atoms with E-state index < -0.39 is 0 Å². The van der Waals surface area contributed by atoms with Crippen LogP contribution in [0.25, 0.3) is 0 Å². The maximum atomic E-state index is 12.0. The zero-order valence-electron chi connectivity index (χ0n) is 11.6. The molecule has 1 rings (SSSR count). The Labute approximate surface area is 105 Å². The molecule has 0 aromatic heterocycles. The van der Waals surface area contributed by atoms with Gasteiger partial charge in [0.05, 0.1) is 6.04 Å². The molecule has 1 aliphatic heterocycles. The normalized spacial score (nSPS) is 23.8. The molecule has 17 heavy (non-hydrogen) atoms. The highest BCUT2D eigenvalue weighted by Gasteiger charge is 2.25. The standard InChI is InChI=1S/C13H27N3O/c1-10(2)12(14)13(17)16(4)9-11-7-5-6-8-15(11)3/h10-12H,5-9,14H2,1-4H3/t11?,12-/m0/s1. The minimum absolute atomic E-state index is 0.0685. The number of carbonyl (C=O) groups excluding carboxylic acids is 1. The van der Waals surface area contributed by atoms with Gasteiger partial charge in [-0.25, -0.2) is 0 Å². The largest absolute Gasteiger partial charge is 0.343 e. The summed E-state index contributed by atoms with van der Waals surface area (Å²) in [5.41, 5.74) is 5.90. The molecule has 1 aliphatic rings. The summed E-state index contributed by atoms with van der Waals surface area (Å²) < 4.78 is 0. The van der Waals surface area contributed by atoms with Crippen LogP contribution in [0.5, 0.6) is 0 Å². The summed E-state index contributed by atoms with van der Waals surface area (Å²) in [4.78, 5) is 16.2. The lowest BCUT2D eigenvalue weighted by Crippen LogP contribution is -2.50. The first-order chi connectivity index (χ1) is 7.93. The van der Waals surface area contributed by atoms with E-state index in [0.29, 0.717) is 6.04 Å². The first-order valence-electron chi connectivity index (χ1n) is 6.64. The van der Waals surface area contributed by atoms with E-state index in [-0.39, 0.29) is 17.9 Å². The molecule has 4 nitrogen and oxygen atoms in total. The van der Waals surface area contributed by atoms with Gasteiger partial charge in [0.25, 0.3) is 0 Å². The zero-order chi connectivity index (χ0) is 13.0. The van der Waals surface area contributed by atoms with E-state index in [0.717, 1.165) is 13.1 Å². The van der Waals surface area contributed by atoms with Gasteiger partial charge < -0.3 is 15.5 Å². The van der Waals surface area contributed by atoms with Crippen LogP contribution >= 0.6 is 0 Å². The third kappa shape index (κ3) is 3.96. The summed E-state index contributed by atoms with van der Waals surface area (Å²) in [6, 6.07) is 0.131. The van der Waals surface area contributed by atoms with Gasteiger partial charge in [0.2, 0.25) is 5.91 Å². The number of amides is 1. The smallest absolute Gasteiger partial charge is 0.239 e. The lowest BCUT2D eigenvalue weighted by Gasteiger charge is -2.36. The molecule has 0 aliphatic carbocycles. The molecule has 0 saturated carbocycles. The van der Waals surface area contributed by atoms with Crippen LogP contribution in [0.4, 0.5) is 0 Å². The fraction of sp³-hybridized carbons (Fsp3) is 0.923. The molecular weight excluding hydrogens is 214 g/mol. The molecule has 1 heterocycles. The molecule has 2 atom stereocenters. The van der Waals surface area contributed by atoms with Crippen molar-refractivity contribution in [3.8, 4) is 0 Å². The van der Waals surface area contributed by atoms with Gasteiger partial charge in [0, 0.05) is 19.6 Å². The second kappa shape index (κ2) is 6.36. The number of rotatable bonds is 4. The highest BCUT2D eigenvalue weighted by Crippen LogP contribution is 2.16. The van der Waals surface area contributed by atoms with Crippen molar-refractivity contribution in [2.75, 3.05) is 27.2 Å². The van der Waals surface area contributed by atoms with Gasteiger partial charge in [-0.05, 0) is 32.4 Å². The number of nitrogens with zero attached hydrogens (tertiary/aromatic N) is 2. The van der Waals surface area contributed by atoms with Crippen LogP contribution in [0.3, 0.4) is 0 Å². The summed E-state index contributed by atoms with van der Waals surface area (Å²) >= 11 is 0. The quantitative estimate of drug-likeness (QED) is 0.796. The van der Waals surface area contributed by atoms with Crippen molar-refractivity contribution >= 4 is 5.91 Å². The monoisotopic (exact) mass is 241 g/mol. The third-order valence-corrected chi connectivity index (χ3v) is 3.79. The van der Waals surface area contributed by atoms with E-state index in [4.69, 9.17) is 5.73 Å². The topological polar surface area (TPSA) is 49.6 Å². The highest BCUT2D eigenvalue weighted by molar-refractivity contribution is 5.81. The summed E-state index contributed by atoms with van der Waals surface area (Å²) in [7, 11) is 4.01. The Bertz CT molecular complexity index is 255. The van der Waals surface area contributed by atoms with E-state index in [1.807, 2.05) is 20.9 Å². The Morgan fingerprint density at radius 1 is 1.47 bits per heavy atom.